The number of hydrogen-bond acceptors (Lipinski definition) is 5. The fourth-order valence-corrected chi connectivity index (χ4v) is 2.59. The first-order valence-electron chi connectivity index (χ1n) is 5.66. The highest BCUT2D eigenvalue weighted by Gasteiger charge is 2.24. The minimum atomic E-state index is -0.345. The quantitative estimate of drug-likeness (QED) is 0.750. The monoisotopic (exact) mass is 243 g/mol. The zero-order chi connectivity index (χ0) is 11.4. The van der Waals surface area contributed by atoms with E-state index in [9.17, 15) is 4.79 Å². The lowest BCUT2D eigenvalue weighted by atomic mass is 10.1. The third kappa shape index (κ3) is 2.62. The van der Waals surface area contributed by atoms with Crippen LogP contribution in [-0.2, 0) is 4.74 Å². The zero-order valence-corrected chi connectivity index (χ0v) is 10.3. The van der Waals surface area contributed by atoms with E-state index in [1.807, 2.05) is 6.20 Å². The number of hydrazine groups is 1. The molecule has 2 aliphatic rings. The molecule has 1 amide bonds. The molecule has 2 aliphatic heterocycles. The van der Waals surface area contributed by atoms with Crippen molar-refractivity contribution in [3.63, 3.8) is 0 Å². The van der Waals surface area contributed by atoms with Gasteiger partial charge >= 0.3 is 6.09 Å². The van der Waals surface area contributed by atoms with E-state index in [2.05, 4.69) is 9.73 Å². The molecule has 0 aromatic rings. The van der Waals surface area contributed by atoms with Crippen molar-refractivity contribution >= 4 is 18.0 Å². The number of nitrogens with zero attached hydrogens (tertiary/aromatic N) is 2. The van der Waals surface area contributed by atoms with Crippen LogP contribution in [0.5, 0.6) is 0 Å². The zero-order valence-electron chi connectivity index (χ0n) is 9.44. The van der Waals surface area contributed by atoms with Crippen LogP contribution in [0.3, 0.4) is 0 Å². The molecule has 1 saturated heterocycles. The number of carbonyl (C=O) groups excluding carboxylic acids is 1. The van der Waals surface area contributed by atoms with Crippen molar-refractivity contribution in [2.24, 2.45) is 0 Å². The van der Waals surface area contributed by atoms with Gasteiger partial charge in [-0.1, -0.05) is 0 Å². The SMILES string of the molecule is CCOC(=O)N1C=C(N2CCCCC2)SN1. The van der Waals surface area contributed by atoms with Crippen molar-refractivity contribution in [1.82, 2.24) is 14.7 Å². The van der Waals surface area contributed by atoms with Gasteiger partial charge in [0, 0.05) is 13.1 Å². The Balaban J connectivity index is 1.91. The summed E-state index contributed by atoms with van der Waals surface area (Å²) in [6.45, 7) is 4.36. The molecule has 0 atom stereocenters. The van der Waals surface area contributed by atoms with E-state index in [4.69, 9.17) is 4.74 Å². The first-order chi connectivity index (χ1) is 7.81. The Morgan fingerprint density at radius 3 is 2.94 bits per heavy atom. The van der Waals surface area contributed by atoms with E-state index in [0.29, 0.717) is 6.61 Å². The summed E-state index contributed by atoms with van der Waals surface area (Å²) in [6.07, 6.45) is 5.24. The van der Waals surface area contributed by atoms with E-state index in [1.54, 1.807) is 6.92 Å². The highest BCUT2D eigenvalue weighted by molar-refractivity contribution is 8.01. The van der Waals surface area contributed by atoms with Crippen LogP contribution in [0.15, 0.2) is 11.2 Å². The van der Waals surface area contributed by atoms with Gasteiger partial charge in [0.15, 0.2) is 0 Å². The van der Waals surface area contributed by atoms with Crippen LogP contribution in [0.25, 0.3) is 0 Å². The fraction of sp³-hybridized carbons (Fsp3) is 0.700. The first kappa shape index (κ1) is 11.6. The van der Waals surface area contributed by atoms with Crippen LogP contribution in [-0.4, -0.2) is 35.7 Å². The fourth-order valence-electron chi connectivity index (χ4n) is 1.80. The lowest BCUT2D eigenvalue weighted by molar-refractivity contribution is 0.118. The van der Waals surface area contributed by atoms with Crippen molar-refractivity contribution in [2.45, 2.75) is 26.2 Å². The maximum absolute atomic E-state index is 11.4. The lowest BCUT2D eigenvalue weighted by Gasteiger charge is -2.28. The van der Waals surface area contributed by atoms with Crippen molar-refractivity contribution in [2.75, 3.05) is 19.7 Å². The Morgan fingerprint density at radius 1 is 1.50 bits per heavy atom. The standard InChI is InChI=1S/C10H17N3O2S/c1-2-15-10(14)13-8-9(16-11-13)12-6-4-3-5-7-12/h8,11H,2-7H2,1H3. The van der Waals surface area contributed by atoms with Crippen LogP contribution < -0.4 is 4.83 Å². The molecule has 90 valence electrons. The average molecular weight is 243 g/mol. The summed E-state index contributed by atoms with van der Waals surface area (Å²) in [6, 6.07) is 0. The van der Waals surface area contributed by atoms with Gasteiger partial charge in [-0.2, -0.15) is 4.83 Å². The summed E-state index contributed by atoms with van der Waals surface area (Å²) in [7, 11) is 0. The van der Waals surface area contributed by atoms with Crippen LogP contribution in [0.2, 0.25) is 0 Å². The normalized spacial score (nSPS) is 20.9. The molecule has 16 heavy (non-hydrogen) atoms. The number of nitrogens with one attached hydrogen (secondary N) is 1. The van der Waals surface area contributed by atoms with Gasteiger partial charge in [0.1, 0.15) is 5.03 Å². The molecular formula is C10H17N3O2S. The summed E-state index contributed by atoms with van der Waals surface area (Å²) >= 11 is 1.47. The molecule has 5 nitrogen and oxygen atoms in total. The molecule has 0 saturated carbocycles. The molecule has 6 heteroatoms. The van der Waals surface area contributed by atoms with Gasteiger partial charge < -0.3 is 9.64 Å². The summed E-state index contributed by atoms with van der Waals surface area (Å²) in [5.41, 5.74) is 0. The maximum atomic E-state index is 11.4. The number of amides is 1. The largest absolute Gasteiger partial charge is 0.448 e. The van der Waals surface area contributed by atoms with Crippen LogP contribution in [0, 0.1) is 0 Å². The van der Waals surface area contributed by atoms with Gasteiger partial charge in [-0.25, -0.2) is 9.80 Å². The van der Waals surface area contributed by atoms with Gasteiger partial charge in [0.2, 0.25) is 0 Å². The average Bonchev–Trinajstić information content (AvgIpc) is 2.80. The summed E-state index contributed by atoms with van der Waals surface area (Å²) < 4.78 is 4.91. The van der Waals surface area contributed by atoms with E-state index >= 15 is 0 Å². The summed E-state index contributed by atoms with van der Waals surface area (Å²) in [5.74, 6) is 0. The molecule has 0 aliphatic carbocycles. The van der Waals surface area contributed by atoms with Crippen molar-refractivity contribution in [3.05, 3.63) is 11.2 Å². The highest BCUT2D eigenvalue weighted by Crippen LogP contribution is 2.27. The van der Waals surface area contributed by atoms with Crippen LogP contribution >= 0.6 is 11.9 Å². The van der Waals surface area contributed by atoms with E-state index in [-0.39, 0.29) is 6.09 Å². The van der Waals surface area contributed by atoms with Gasteiger partial charge in [0.05, 0.1) is 12.8 Å². The third-order valence-corrected chi connectivity index (χ3v) is 3.48. The summed E-state index contributed by atoms with van der Waals surface area (Å²) in [5, 5.41) is 2.51. The minimum Gasteiger partial charge on any atom is -0.448 e. The Hall–Kier alpha value is -0.880. The Labute approximate surface area is 99.9 Å². The smallest absolute Gasteiger partial charge is 0.429 e. The number of rotatable bonds is 2. The van der Waals surface area contributed by atoms with Gasteiger partial charge in [-0.3, -0.25) is 0 Å². The molecule has 2 rings (SSSR count). The van der Waals surface area contributed by atoms with Crippen LogP contribution in [0.4, 0.5) is 4.79 Å². The molecule has 2 heterocycles. The second-order valence-electron chi connectivity index (χ2n) is 3.78. The second kappa shape index (κ2) is 5.45. The molecule has 0 spiro atoms. The van der Waals surface area contributed by atoms with Crippen molar-refractivity contribution < 1.29 is 9.53 Å². The molecule has 1 N–H and O–H groups in total. The molecular weight excluding hydrogens is 226 g/mol. The van der Waals surface area contributed by atoms with Gasteiger partial charge in [-0.05, 0) is 38.1 Å². The van der Waals surface area contributed by atoms with Gasteiger partial charge in [0.25, 0.3) is 0 Å². The van der Waals surface area contributed by atoms with E-state index in [0.717, 1.165) is 18.1 Å². The lowest BCUT2D eigenvalue weighted by Crippen LogP contribution is -2.31. The Kier molecular flexibility index (Phi) is 3.95. The molecule has 0 radical (unpaired) electrons. The van der Waals surface area contributed by atoms with Crippen LogP contribution in [0.1, 0.15) is 26.2 Å². The number of likely N-dealkylation sites (tertiary alicyclic amines) is 1. The highest BCUT2D eigenvalue weighted by atomic mass is 32.2. The van der Waals surface area contributed by atoms with Crippen molar-refractivity contribution in [3.8, 4) is 0 Å². The molecule has 0 unspecified atom stereocenters. The maximum Gasteiger partial charge on any atom is 0.429 e. The third-order valence-electron chi connectivity index (χ3n) is 2.62. The number of ether oxygens (including phenoxy) is 1. The Bertz CT molecular complexity index is 290. The second-order valence-corrected chi connectivity index (χ2v) is 4.58. The minimum absolute atomic E-state index is 0.345. The number of carbonyl (C=O) groups is 1. The number of hydrogen-bond donors (Lipinski definition) is 1. The Morgan fingerprint density at radius 2 is 2.25 bits per heavy atom. The molecule has 1 fully saturated rings. The predicted octanol–water partition coefficient (Wildman–Crippen LogP) is 1.90. The first-order valence-corrected chi connectivity index (χ1v) is 6.48. The topological polar surface area (TPSA) is 44.8 Å². The molecule has 0 aromatic carbocycles. The van der Waals surface area contributed by atoms with Gasteiger partial charge in [-0.15, -0.1) is 0 Å². The molecule has 0 aromatic heterocycles. The van der Waals surface area contributed by atoms with E-state index in [1.165, 1.54) is 36.2 Å². The summed E-state index contributed by atoms with van der Waals surface area (Å²) in [4.78, 5) is 16.7. The van der Waals surface area contributed by atoms with E-state index < -0.39 is 0 Å². The number of piperidine rings is 1. The van der Waals surface area contributed by atoms with Crippen molar-refractivity contribution in [1.29, 1.82) is 0 Å². The predicted molar refractivity (Wildman–Crippen MR) is 63.1 cm³/mol. The molecule has 0 bridgehead atoms.